The zero-order valence-corrected chi connectivity index (χ0v) is 18.5. The molecule has 0 radical (unpaired) electrons. The summed E-state index contributed by atoms with van der Waals surface area (Å²) in [7, 11) is 0. The number of halogens is 1. The van der Waals surface area contributed by atoms with Gasteiger partial charge in [0.15, 0.2) is 0 Å². The standard InChI is InChI=1S/C25H23ClN4O2/c1-15(2)22(30-24(31)18-7-3-4-8-19(18)26)25(32)27-17-13-11-16(12-14-17)23-28-20-9-5-6-10-21(20)29-23/h3-15,22H,1-2H3,(H,27,32)(H,28,29)(H,30,31). The number of hydrogen-bond donors (Lipinski definition) is 3. The van der Waals surface area contributed by atoms with Crippen molar-refractivity contribution in [3.8, 4) is 11.4 Å². The third-order valence-electron chi connectivity index (χ3n) is 5.17. The number of fused-ring (bicyclic) bond motifs is 1. The van der Waals surface area contributed by atoms with Gasteiger partial charge in [-0.05, 0) is 54.4 Å². The van der Waals surface area contributed by atoms with Gasteiger partial charge in [-0.1, -0.05) is 49.7 Å². The van der Waals surface area contributed by atoms with Crippen LogP contribution in [0, 0.1) is 5.92 Å². The summed E-state index contributed by atoms with van der Waals surface area (Å²) in [4.78, 5) is 33.4. The van der Waals surface area contributed by atoms with Gasteiger partial charge in [-0.25, -0.2) is 4.98 Å². The Morgan fingerprint density at radius 1 is 0.938 bits per heavy atom. The van der Waals surface area contributed by atoms with E-state index in [-0.39, 0.29) is 17.7 Å². The maximum Gasteiger partial charge on any atom is 0.253 e. The summed E-state index contributed by atoms with van der Waals surface area (Å²) < 4.78 is 0. The molecule has 32 heavy (non-hydrogen) atoms. The molecule has 4 aromatic rings. The molecule has 7 heteroatoms. The first-order valence-corrected chi connectivity index (χ1v) is 10.7. The first kappa shape index (κ1) is 21.6. The second-order valence-corrected chi connectivity index (χ2v) is 8.25. The lowest BCUT2D eigenvalue weighted by Gasteiger charge is -2.22. The number of aromatic nitrogens is 2. The SMILES string of the molecule is CC(C)C(NC(=O)c1ccccc1Cl)C(=O)Nc1ccc(-c2nc3ccccc3[nH]2)cc1. The van der Waals surface area contributed by atoms with Crippen molar-refractivity contribution in [1.29, 1.82) is 0 Å². The van der Waals surface area contributed by atoms with Crippen LogP contribution in [0.4, 0.5) is 5.69 Å². The predicted molar refractivity (Wildman–Crippen MR) is 128 cm³/mol. The van der Waals surface area contributed by atoms with Gasteiger partial charge < -0.3 is 15.6 Å². The van der Waals surface area contributed by atoms with Gasteiger partial charge in [0.05, 0.1) is 21.6 Å². The van der Waals surface area contributed by atoms with E-state index < -0.39 is 6.04 Å². The van der Waals surface area contributed by atoms with Crippen molar-refractivity contribution in [2.24, 2.45) is 5.92 Å². The lowest BCUT2D eigenvalue weighted by Crippen LogP contribution is -2.47. The fourth-order valence-electron chi connectivity index (χ4n) is 3.42. The van der Waals surface area contributed by atoms with E-state index in [1.54, 1.807) is 24.3 Å². The lowest BCUT2D eigenvalue weighted by atomic mass is 10.0. The summed E-state index contributed by atoms with van der Waals surface area (Å²) in [6.45, 7) is 3.75. The van der Waals surface area contributed by atoms with E-state index in [1.807, 2.05) is 62.4 Å². The number of aromatic amines is 1. The van der Waals surface area contributed by atoms with Gasteiger partial charge >= 0.3 is 0 Å². The molecule has 3 N–H and O–H groups in total. The van der Waals surface area contributed by atoms with E-state index >= 15 is 0 Å². The Balaban J connectivity index is 1.46. The van der Waals surface area contributed by atoms with Crippen LogP contribution in [0.25, 0.3) is 22.4 Å². The van der Waals surface area contributed by atoms with E-state index in [2.05, 4.69) is 20.6 Å². The summed E-state index contributed by atoms with van der Waals surface area (Å²) in [5.74, 6) is -0.0334. The molecule has 1 aromatic heterocycles. The molecule has 0 fully saturated rings. The number of H-pyrrole nitrogens is 1. The minimum Gasteiger partial charge on any atom is -0.340 e. The van der Waals surface area contributed by atoms with E-state index in [0.717, 1.165) is 22.4 Å². The highest BCUT2D eigenvalue weighted by atomic mass is 35.5. The minimum absolute atomic E-state index is 0.115. The molecule has 6 nitrogen and oxygen atoms in total. The molecule has 0 aliphatic carbocycles. The van der Waals surface area contributed by atoms with E-state index in [9.17, 15) is 9.59 Å². The molecular weight excluding hydrogens is 424 g/mol. The largest absolute Gasteiger partial charge is 0.340 e. The molecule has 4 rings (SSSR count). The monoisotopic (exact) mass is 446 g/mol. The average molecular weight is 447 g/mol. The molecular formula is C25H23ClN4O2. The maximum absolute atomic E-state index is 12.9. The number of imidazole rings is 1. The van der Waals surface area contributed by atoms with E-state index in [4.69, 9.17) is 11.6 Å². The highest BCUT2D eigenvalue weighted by Gasteiger charge is 2.25. The molecule has 0 aliphatic heterocycles. The molecule has 1 atom stereocenters. The zero-order valence-electron chi connectivity index (χ0n) is 17.7. The van der Waals surface area contributed by atoms with Crippen molar-refractivity contribution < 1.29 is 9.59 Å². The Bertz CT molecular complexity index is 1230. The Morgan fingerprint density at radius 2 is 1.62 bits per heavy atom. The molecule has 0 spiro atoms. The van der Waals surface area contributed by atoms with Crippen LogP contribution in [-0.4, -0.2) is 27.8 Å². The number of nitrogens with one attached hydrogen (secondary N) is 3. The quantitative estimate of drug-likeness (QED) is 0.376. The summed E-state index contributed by atoms with van der Waals surface area (Å²) in [5.41, 5.74) is 3.74. The number of carbonyl (C=O) groups is 2. The number of para-hydroxylation sites is 2. The van der Waals surface area contributed by atoms with Gasteiger partial charge in [0.2, 0.25) is 5.91 Å². The van der Waals surface area contributed by atoms with Crippen LogP contribution in [0.15, 0.2) is 72.8 Å². The van der Waals surface area contributed by atoms with Crippen LogP contribution in [0.3, 0.4) is 0 Å². The number of nitrogens with zero attached hydrogens (tertiary/aromatic N) is 1. The van der Waals surface area contributed by atoms with Gasteiger partial charge in [0, 0.05) is 11.3 Å². The zero-order chi connectivity index (χ0) is 22.7. The highest BCUT2D eigenvalue weighted by Crippen LogP contribution is 2.22. The third kappa shape index (κ3) is 4.65. The summed E-state index contributed by atoms with van der Waals surface area (Å²) in [6.07, 6.45) is 0. The van der Waals surface area contributed by atoms with Gasteiger partial charge in [-0.15, -0.1) is 0 Å². The van der Waals surface area contributed by atoms with E-state index in [0.29, 0.717) is 16.3 Å². The molecule has 0 saturated heterocycles. The molecule has 0 bridgehead atoms. The van der Waals surface area contributed by atoms with Gasteiger partial charge in [-0.3, -0.25) is 9.59 Å². The van der Waals surface area contributed by atoms with Crippen LogP contribution in [0.1, 0.15) is 24.2 Å². The summed E-state index contributed by atoms with van der Waals surface area (Å²) in [5, 5.41) is 6.02. The topological polar surface area (TPSA) is 86.9 Å². The van der Waals surface area contributed by atoms with Crippen molar-refractivity contribution in [3.63, 3.8) is 0 Å². The number of hydrogen-bond acceptors (Lipinski definition) is 3. The first-order chi connectivity index (χ1) is 15.4. The van der Waals surface area contributed by atoms with Crippen molar-refractivity contribution >= 4 is 40.1 Å². The molecule has 3 aromatic carbocycles. The van der Waals surface area contributed by atoms with Gasteiger partial charge in [0.1, 0.15) is 11.9 Å². The normalized spacial score (nSPS) is 12.0. The number of amides is 2. The van der Waals surface area contributed by atoms with Crippen LogP contribution < -0.4 is 10.6 Å². The second kappa shape index (κ2) is 9.24. The van der Waals surface area contributed by atoms with Crippen molar-refractivity contribution in [1.82, 2.24) is 15.3 Å². The molecule has 0 aliphatic rings. The fraction of sp³-hybridized carbons (Fsp3) is 0.160. The van der Waals surface area contributed by atoms with E-state index in [1.165, 1.54) is 0 Å². The maximum atomic E-state index is 12.9. The third-order valence-corrected chi connectivity index (χ3v) is 5.50. The smallest absolute Gasteiger partial charge is 0.253 e. The second-order valence-electron chi connectivity index (χ2n) is 7.84. The molecule has 1 unspecified atom stereocenters. The first-order valence-electron chi connectivity index (χ1n) is 10.3. The molecule has 2 amide bonds. The number of rotatable bonds is 6. The van der Waals surface area contributed by atoms with Crippen molar-refractivity contribution in [2.45, 2.75) is 19.9 Å². The lowest BCUT2D eigenvalue weighted by molar-refractivity contribution is -0.118. The number of anilines is 1. The Hall–Kier alpha value is -3.64. The molecule has 162 valence electrons. The van der Waals surface area contributed by atoms with Crippen LogP contribution in [-0.2, 0) is 4.79 Å². The Labute approximate surface area is 191 Å². The minimum atomic E-state index is -0.714. The predicted octanol–water partition coefficient (Wildman–Crippen LogP) is 5.28. The van der Waals surface area contributed by atoms with Crippen molar-refractivity contribution in [3.05, 3.63) is 83.4 Å². The highest BCUT2D eigenvalue weighted by molar-refractivity contribution is 6.33. The Kier molecular flexibility index (Phi) is 6.23. The molecule has 0 saturated carbocycles. The number of carbonyl (C=O) groups excluding carboxylic acids is 2. The van der Waals surface area contributed by atoms with Crippen molar-refractivity contribution in [2.75, 3.05) is 5.32 Å². The summed E-state index contributed by atoms with van der Waals surface area (Å²) in [6, 6.07) is 21.3. The fourth-order valence-corrected chi connectivity index (χ4v) is 3.64. The van der Waals surface area contributed by atoms with Gasteiger partial charge in [-0.2, -0.15) is 0 Å². The van der Waals surface area contributed by atoms with Crippen LogP contribution >= 0.6 is 11.6 Å². The number of benzene rings is 3. The Morgan fingerprint density at radius 3 is 2.31 bits per heavy atom. The molecule has 1 heterocycles. The van der Waals surface area contributed by atoms with Crippen LogP contribution in [0.5, 0.6) is 0 Å². The summed E-state index contributed by atoms with van der Waals surface area (Å²) >= 11 is 6.11. The van der Waals surface area contributed by atoms with Gasteiger partial charge in [0.25, 0.3) is 5.91 Å². The van der Waals surface area contributed by atoms with Crippen LogP contribution in [0.2, 0.25) is 5.02 Å². The average Bonchev–Trinajstić information content (AvgIpc) is 3.22.